The molecule has 0 unspecified atom stereocenters. The Hall–Kier alpha value is -6.64. The Kier molecular flexibility index (Phi) is 6.55. The van der Waals surface area contributed by atoms with E-state index in [-0.39, 0.29) is 5.41 Å². The Morgan fingerprint density at radius 1 is 0.370 bits per heavy atom. The maximum Gasteiger partial charge on any atom is 0.137 e. The number of nitrogens with zero attached hydrogens (tertiary/aromatic N) is 1. The first-order chi connectivity index (χ1) is 26.5. The van der Waals surface area contributed by atoms with Gasteiger partial charge in [0.2, 0.25) is 0 Å². The van der Waals surface area contributed by atoms with Crippen molar-refractivity contribution < 1.29 is 4.42 Å². The molecule has 2 nitrogen and oxygen atoms in total. The van der Waals surface area contributed by atoms with Crippen LogP contribution in [-0.2, 0) is 10.8 Å². The number of para-hydroxylation sites is 1. The molecule has 256 valence electrons. The maximum absolute atomic E-state index is 6.49. The third-order valence-electron chi connectivity index (χ3n) is 12.1. The summed E-state index contributed by atoms with van der Waals surface area (Å²) >= 11 is 0. The van der Waals surface area contributed by atoms with Crippen LogP contribution in [0.25, 0.3) is 44.2 Å². The van der Waals surface area contributed by atoms with Crippen molar-refractivity contribution in [2.24, 2.45) is 0 Å². The fourth-order valence-electron chi connectivity index (χ4n) is 9.72. The highest BCUT2D eigenvalue weighted by molar-refractivity contribution is 6.06. The third-order valence-corrected chi connectivity index (χ3v) is 12.1. The normalized spacial score (nSPS) is 14.4. The van der Waals surface area contributed by atoms with E-state index in [2.05, 4.69) is 201 Å². The Morgan fingerprint density at radius 3 is 1.67 bits per heavy atom. The van der Waals surface area contributed by atoms with Gasteiger partial charge in [-0.1, -0.05) is 153 Å². The molecule has 8 aromatic carbocycles. The highest BCUT2D eigenvalue weighted by Gasteiger charge is 2.46. The van der Waals surface area contributed by atoms with E-state index in [1.807, 2.05) is 6.07 Å². The first kappa shape index (κ1) is 30.9. The molecule has 9 aromatic rings. The molecule has 0 atom stereocenters. The maximum atomic E-state index is 6.49. The molecular formula is C52H37NO. The van der Waals surface area contributed by atoms with E-state index in [9.17, 15) is 0 Å². The van der Waals surface area contributed by atoms with Gasteiger partial charge in [-0.25, -0.2) is 0 Å². The Labute approximate surface area is 315 Å². The SMILES string of the molecule is CC1(C)c2ccccc2-c2ccc(N(c3cccc(C4(c5ccccc5)c5ccccc5-c5ccccc54)c3)c3ccc4c(c3)oc3ccccc34)cc21. The van der Waals surface area contributed by atoms with E-state index in [1.54, 1.807) is 0 Å². The summed E-state index contributed by atoms with van der Waals surface area (Å²) in [5.41, 5.74) is 17.4. The predicted molar refractivity (Wildman–Crippen MR) is 223 cm³/mol. The van der Waals surface area contributed by atoms with Crippen LogP contribution >= 0.6 is 0 Å². The van der Waals surface area contributed by atoms with Crippen molar-refractivity contribution in [3.05, 3.63) is 221 Å². The van der Waals surface area contributed by atoms with Crippen molar-refractivity contribution in [1.82, 2.24) is 0 Å². The zero-order valence-electron chi connectivity index (χ0n) is 30.3. The van der Waals surface area contributed by atoms with E-state index < -0.39 is 5.41 Å². The molecule has 0 radical (unpaired) electrons. The van der Waals surface area contributed by atoms with E-state index in [1.165, 1.54) is 55.6 Å². The lowest BCUT2D eigenvalue weighted by Gasteiger charge is -2.35. The minimum Gasteiger partial charge on any atom is -0.456 e. The fraction of sp³-hybridized carbons (Fsp3) is 0.0769. The zero-order chi connectivity index (χ0) is 36.0. The molecule has 0 saturated carbocycles. The zero-order valence-corrected chi connectivity index (χ0v) is 30.3. The van der Waals surface area contributed by atoms with Crippen molar-refractivity contribution in [3.8, 4) is 22.3 Å². The molecule has 0 amide bonds. The van der Waals surface area contributed by atoms with Gasteiger partial charge in [0.15, 0.2) is 0 Å². The average molecular weight is 692 g/mol. The van der Waals surface area contributed by atoms with Gasteiger partial charge in [-0.2, -0.15) is 0 Å². The first-order valence-corrected chi connectivity index (χ1v) is 18.8. The standard InChI is InChI=1S/C52H37NO/c1-51(2)45-23-10-6-19-39(45)42-29-27-37(32-48(42)51)53(38-28-30-44-43-22-9-13-26-49(43)54-50(44)33-38)36-18-14-17-35(31-36)52(34-15-4-3-5-16-34)46-24-11-7-20-40(46)41-21-8-12-25-47(41)52/h3-33H,1-2H3. The van der Waals surface area contributed by atoms with Gasteiger partial charge in [0.05, 0.1) is 5.41 Å². The predicted octanol–water partition coefficient (Wildman–Crippen LogP) is 13.7. The average Bonchev–Trinajstić information content (AvgIpc) is 3.82. The number of fused-ring (bicyclic) bond motifs is 9. The Balaban J connectivity index is 1.17. The van der Waals surface area contributed by atoms with Crippen molar-refractivity contribution in [1.29, 1.82) is 0 Å². The van der Waals surface area contributed by atoms with E-state index in [0.29, 0.717) is 0 Å². The molecule has 1 heterocycles. The van der Waals surface area contributed by atoms with Crippen LogP contribution in [0.15, 0.2) is 192 Å². The van der Waals surface area contributed by atoms with Crippen LogP contribution in [0.3, 0.4) is 0 Å². The topological polar surface area (TPSA) is 16.4 Å². The lowest BCUT2D eigenvalue weighted by atomic mass is 9.67. The molecule has 0 bridgehead atoms. The molecule has 0 spiro atoms. The number of rotatable bonds is 5. The number of benzene rings is 8. The second-order valence-corrected chi connectivity index (χ2v) is 15.3. The summed E-state index contributed by atoms with van der Waals surface area (Å²) in [5, 5.41) is 2.25. The number of hydrogen-bond donors (Lipinski definition) is 0. The molecule has 2 aliphatic rings. The number of hydrogen-bond acceptors (Lipinski definition) is 2. The summed E-state index contributed by atoms with van der Waals surface area (Å²) in [6.45, 7) is 4.71. The summed E-state index contributed by atoms with van der Waals surface area (Å²) in [6.07, 6.45) is 0. The summed E-state index contributed by atoms with van der Waals surface area (Å²) in [5.74, 6) is 0. The van der Waals surface area contributed by atoms with Gasteiger partial charge in [0, 0.05) is 39.3 Å². The van der Waals surface area contributed by atoms with Gasteiger partial charge in [0.25, 0.3) is 0 Å². The number of furan rings is 1. The van der Waals surface area contributed by atoms with Crippen LogP contribution < -0.4 is 4.90 Å². The molecule has 54 heavy (non-hydrogen) atoms. The van der Waals surface area contributed by atoms with Crippen molar-refractivity contribution in [3.63, 3.8) is 0 Å². The van der Waals surface area contributed by atoms with Crippen molar-refractivity contribution in [2.75, 3.05) is 4.90 Å². The molecule has 11 rings (SSSR count). The fourth-order valence-corrected chi connectivity index (χ4v) is 9.72. The van der Waals surface area contributed by atoms with Gasteiger partial charge >= 0.3 is 0 Å². The van der Waals surface area contributed by atoms with Gasteiger partial charge < -0.3 is 9.32 Å². The van der Waals surface area contributed by atoms with Crippen LogP contribution in [0.1, 0.15) is 47.2 Å². The lowest BCUT2D eigenvalue weighted by Crippen LogP contribution is -2.28. The monoisotopic (exact) mass is 691 g/mol. The summed E-state index contributed by atoms with van der Waals surface area (Å²) < 4.78 is 6.49. The summed E-state index contributed by atoms with van der Waals surface area (Å²) in [4.78, 5) is 2.42. The van der Waals surface area contributed by atoms with Crippen molar-refractivity contribution in [2.45, 2.75) is 24.7 Å². The molecule has 1 aromatic heterocycles. The quantitative estimate of drug-likeness (QED) is 0.179. The van der Waals surface area contributed by atoms with Crippen LogP contribution in [0, 0.1) is 0 Å². The minimum absolute atomic E-state index is 0.132. The second-order valence-electron chi connectivity index (χ2n) is 15.3. The minimum atomic E-state index is -0.500. The smallest absolute Gasteiger partial charge is 0.137 e. The Morgan fingerprint density at radius 2 is 0.907 bits per heavy atom. The Bertz CT molecular complexity index is 2890. The van der Waals surface area contributed by atoms with Gasteiger partial charge in [-0.05, 0) is 98.1 Å². The lowest BCUT2D eigenvalue weighted by molar-refractivity contribution is 0.660. The molecule has 0 fully saturated rings. The highest BCUT2D eigenvalue weighted by atomic mass is 16.3. The van der Waals surface area contributed by atoms with Crippen LogP contribution in [0.2, 0.25) is 0 Å². The van der Waals surface area contributed by atoms with Gasteiger partial charge in [-0.3, -0.25) is 0 Å². The third kappa shape index (κ3) is 4.22. The molecule has 0 saturated heterocycles. The van der Waals surface area contributed by atoms with E-state index in [0.717, 1.165) is 39.0 Å². The van der Waals surface area contributed by atoms with Crippen LogP contribution in [0.5, 0.6) is 0 Å². The van der Waals surface area contributed by atoms with Gasteiger partial charge in [0.1, 0.15) is 11.2 Å². The largest absolute Gasteiger partial charge is 0.456 e. The molecule has 2 aliphatic carbocycles. The summed E-state index contributed by atoms with van der Waals surface area (Å²) in [7, 11) is 0. The van der Waals surface area contributed by atoms with Gasteiger partial charge in [-0.15, -0.1) is 0 Å². The summed E-state index contributed by atoms with van der Waals surface area (Å²) in [6, 6.07) is 69.0. The van der Waals surface area contributed by atoms with E-state index in [4.69, 9.17) is 4.42 Å². The molecule has 0 aliphatic heterocycles. The molecular weight excluding hydrogens is 655 g/mol. The molecule has 0 N–H and O–H groups in total. The molecule has 2 heteroatoms. The van der Waals surface area contributed by atoms with Crippen LogP contribution in [0.4, 0.5) is 17.1 Å². The highest BCUT2D eigenvalue weighted by Crippen LogP contribution is 2.57. The van der Waals surface area contributed by atoms with E-state index >= 15 is 0 Å². The van der Waals surface area contributed by atoms with Crippen LogP contribution in [-0.4, -0.2) is 0 Å². The van der Waals surface area contributed by atoms with Crippen molar-refractivity contribution >= 4 is 39.0 Å². The number of anilines is 3. The second kappa shape index (κ2) is 11.4. The first-order valence-electron chi connectivity index (χ1n) is 18.8.